The van der Waals surface area contributed by atoms with E-state index in [1.54, 1.807) is 0 Å². The number of amides is 1. The van der Waals surface area contributed by atoms with E-state index in [2.05, 4.69) is 10.2 Å². The number of thioether (sulfide) groups is 1. The molecule has 3 unspecified atom stereocenters. The van der Waals surface area contributed by atoms with Gasteiger partial charge in [0.15, 0.2) is 5.69 Å². The van der Waals surface area contributed by atoms with Crippen molar-refractivity contribution < 1.29 is 28.8 Å². The van der Waals surface area contributed by atoms with Crippen molar-refractivity contribution in [2.45, 2.75) is 49.3 Å². The van der Waals surface area contributed by atoms with Crippen molar-refractivity contribution in [3.8, 4) is 0 Å². The van der Waals surface area contributed by atoms with Crippen LogP contribution in [0.25, 0.3) is 0 Å². The molecule has 0 N–H and O–H groups in total. The summed E-state index contributed by atoms with van der Waals surface area (Å²) in [5.74, 6) is -1.37. The minimum Gasteiger partial charge on any atom is -0.459 e. The van der Waals surface area contributed by atoms with E-state index >= 15 is 0 Å². The van der Waals surface area contributed by atoms with Crippen LogP contribution in [-0.4, -0.2) is 58.8 Å². The highest BCUT2D eigenvalue weighted by Gasteiger charge is 2.61. The fourth-order valence-corrected chi connectivity index (χ4v) is 6.19. The fourth-order valence-electron chi connectivity index (χ4n) is 4.46. The van der Waals surface area contributed by atoms with Crippen LogP contribution < -0.4 is 0 Å². The van der Waals surface area contributed by atoms with Gasteiger partial charge in [-0.05, 0) is 30.2 Å². The Hall–Kier alpha value is -4.26. The van der Waals surface area contributed by atoms with Gasteiger partial charge in [0.05, 0.1) is 34.2 Å². The minimum atomic E-state index is -0.892. The van der Waals surface area contributed by atoms with Crippen molar-refractivity contribution in [2.24, 2.45) is 0 Å². The maximum absolute atomic E-state index is 13.2. The van der Waals surface area contributed by atoms with Gasteiger partial charge in [-0.1, -0.05) is 30.3 Å². The molecule has 1 aromatic heterocycles. The maximum atomic E-state index is 13.2. The first-order valence-corrected chi connectivity index (χ1v) is 12.6. The molecule has 3 aromatic rings. The second kappa shape index (κ2) is 10.2. The molecule has 3 atom stereocenters. The monoisotopic (exact) mass is 537 g/mol. The number of nitro benzene ring substituents is 1. The molecule has 12 nitrogen and oxygen atoms in total. The molecule has 2 aliphatic rings. The van der Waals surface area contributed by atoms with Gasteiger partial charge in [-0.2, -0.15) is 9.90 Å². The van der Waals surface area contributed by atoms with E-state index in [0.29, 0.717) is 12.0 Å². The van der Waals surface area contributed by atoms with E-state index in [4.69, 9.17) is 9.47 Å². The van der Waals surface area contributed by atoms with E-state index in [0.717, 1.165) is 5.56 Å². The number of carbonyl (C=O) groups excluding carboxylic acids is 3. The Morgan fingerprint density at radius 1 is 1.11 bits per heavy atom. The quantitative estimate of drug-likeness (QED) is 0.173. The Morgan fingerprint density at radius 2 is 1.79 bits per heavy atom. The molecule has 2 fully saturated rings. The Labute approximate surface area is 221 Å². The van der Waals surface area contributed by atoms with Crippen molar-refractivity contribution >= 4 is 35.3 Å². The third kappa shape index (κ3) is 5.09. The summed E-state index contributed by atoms with van der Waals surface area (Å²) < 4.78 is 10.0. The van der Waals surface area contributed by atoms with Crippen molar-refractivity contribution in [3.63, 3.8) is 0 Å². The number of carbonyl (C=O) groups is 3. The predicted molar refractivity (Wildman–Crippen MR) is 134 cm³/mol. The molecule has 0 bridgehead atoms. The highest BCUT2D eigenvalue weighted by Crippen LogP contribution is 2.51. The molecule has 2 aliphatic heterocycles. The summed E-state index contributed by atoms with van der Waals surface area (Å²) in [5.41, 5.74) is 1.38. The molecule has 2 aromatic carbocycles. The molecule has 3 heterocycles. The first-order valence-electron chi connectivity index (χ1n) is 11.7. The summed E-state index contributed by atoms with van der Waals surface area (Å²) in [6.07, 6.45) is 1.62. The minimum absolute atomic E-state index is 0.0316. The first-order chi connectivity index (χ1) is 18.2. The van der Waals surface area contributed by atoms with E-state index in [1.165, 1.54) is 51.9 Å². The van der Waals surface area contributed by atoms with E-state index in [-0.39, 0.29) is 42.4 Å². The molecule has 1 amide bonds. The number of non-ortho nitro benzene ring substituents is 1. The lowest BCUT2D eigenvalue weighted by Gasteiger charge is -2.37. The zero-order valence-corrected chi connectivity index (χ0v) is 21.1. The second-order valence-electron chi connectivity index (χ2n) is 9.15. The first kappa shape index (κ1) is 25.4. The number of hydrogen-bond acceptors (Lipinski definition) is 10. The number of esters is 2. The molecule has 13 heteroatoms. The van der Waals surface area contributed by atoms with Gasteiger partial charge in [0.1, 0.15) is 19.3 Å². The van der Waals surface area contributed by atoms with Crippen LogP contribution in [0, 0.1) is 10.1 Å². The molecule has 0 spiro atoms. The largest absolute Gasteiger partial charge is 0.459 e. The normalized spacial score (nSPS) is 21.9. The average Bonchev–Trinajstić information content (AvgIpc) is 3.46. The molecule has 2 saturated heterocycles. The smallest absolute Gasteiger partial charge is 0.360 e. The molecule has 0 saturated carbocycles. The second-order valence-corrected chi connectivity index (χ2v) is 10.9. The van der Waals surface area contributed by atoms with Crippen molar-refractivity contribution in [1.82, 2.24) is 19.9 Å². The number of aromatic nitrogens is 3. The number of hydrogen-bond donors (Lipinski definition) is 0. The lowest BCUT2D eigenvalue weighted by atomic mass is 9.96. The zero-order chi connectivity index (χ0) is 26.9. The number of nitrogens with zero attached hydrogens (tertiary/aromatic N) is 5. The molecule has 0 radical (unpaired) electrons. The SMILES string of the molecule is CC1(Cn2ncc(C(=O)OCc3ccccc3)n2)SC2CC(=O)N2C1C(=O)OCc1ccc([N+](=O)[O-])cc1. The number of ether oxygens (including phenoxy) is 2. The summed E-state index contributed by atoms with van der Waals surface area (Å²) in [7, 11) is 0. The van der Waals surface area contributed by atoms with Crippen molar-refractivity contribution in [3.05, 3.63) is 87.7 Å². The summed E-state index contributed by atoms with van der Waals surface area (Å²) in [6, 6.07) is 14.0. The van der Waals surface area contributed by atoms with Gasteiger partial charge in [0.2, 0.25) is 5.91 Å². The molecule has 0 aliphatic carbocycles. The lowest BCUT2D eigenvalue weighted by molar-refractivity contribution is -0.384. The van der Waals surface area contributed by atoms with Crippen LogP contribution in [0.4, 0.5) is 5.69 Å². The highest BCUT2D eigenvalue weighted by atomic mass is 32.2. The third-order valence-electron chi connectivity index (χ3n) is 6.37. The van der Waals surface area contributed by atoms with Gasteiger partial charge in [0, 0.05) is 12.1 Å². The number of β-lactam (4-membered cyclic amide) rings is 1. The van der Waals surface area contributed by atoms with Crippen LogP contribution in [0.2, 0.25) is 0 Å². The predicted octanol–water partition coefficient (Wildman–Crippen LogP) is 2.72. The molecule has 196 valence electrons. The molecule has 5 rings (SSSR count). The topological polar surface area (TPSA) is 147 Å². The van der Waals surface area contributed by atoms with Gasteiger partial charge in [-0.15, -0.1) is 16.9 Å². The van der Waals surface area contributed by atoms with Gasteiger partial charge >= 0.3 is 11.9 Å². The van der Waals surface area contributed by atoms with E-state index < -0.39 is 27.7 Å². The Morgan fingerprint density at radius 3 is 2.47 bits per heavy atom. The van der Waals surface area contributed by atoms with Gasteiger partial charge in [-0.3, -0.25) is 14.9 Å². The number of nitro groups is 1. The Kier molecular flexibility index (Phi) is 6.85. The zero-order valence-electron chi connectivity index (χ0n) is 20.3. The van der Waals surface area contributed by atoms with E-state index in [9.17, 15) is 24.5 Å². The van der Waals surface area contributed by atoms with Crippen molar-refractivity contribution in [1.29, 1.82) is 0 Å². The molecular weight excluding hydrogens is 514 g/mol. The summed E-state index contributed by atoms with van der Waals surface area (Å²) in [6.45, 7) is 1.97. The van der Waals surface area contributed by atoms with Crippen LogP contribution in [-0.2, 0) is 38.8 Å². The van der Waals surface area contributed by atoms with Crippen LogP contribution in [0.3, 0.4) is 0 Å². The lowest BCUT2D eigenvalue weighted by Crippen LogP contribution is -2.58. The Bertz CT molecular complexity index is 1380. The van der Waals surface area contributed by atoms with Crippen molar-refractivity contribution in [2.75, 3.05) is 0 Å². The third-order valence-corrected chi connectivity index (χ3v) is 7.93. The molecule has 38 heavy (non-hydrogen) atoms. The maximum Gasteiger partial charge on any atom is 0.360 e. The fraction of sp³-hybridized carbons (Fsp3) is 0.320. The number of fused-ring (bicyclic) bond motifs is 1. The van der Waals surface area contributed by atoms with Crippen LogP contribution >= 0.6 is 11.8 Å². The van der Waals surface area contributed by atoms with Crippen LogP contribution in [0.1, 0.15) is 35.0 Å². The average molecular weight is 538 g/mol. The molecular formula is C25H23N5O7S. The number of benzene rings is 2. The standard InChI is InChI=1S/C25H23N5O7S/c1-25(15-28-26-12-19(27-28)23(32)36-13-16-5-3-2-4-6-16)22(29-20(31)11-21(29)38-25)24(33)37-14-17-7-9-18(10-8-17)30(34)35/h2-10,12,21-22H,11,13-15H2,1H3. The summed E-state index contributed by atoms with van der Waals surface area (Å²) in [5, 5.41) is 19.1. The van der Waals surface area contributed by atoms with Gasteiger partial charge < -0.3 is 14.4 Å². The summed E-state index contributed by atoms with van der Waals surface area (Å²) in [4.78, 5) is 51.2. The van der Waals surface area contributed by atoms with Gasteiger partial charge in [0.25, 0.3) is 5.69 Å². The summed E-state index contributed by atoms with van der Waals surface area (Å²) >= 11 is 1.46. The van der Waals surface area contributed by atoms with E-state index in [1.807, 2.05) is 37.3 Å². The Balaban J connectivity index is 1.25. The van der Waals surface area contributed by atoms with Crippen LogP contribution in [0.5, 0.6) is 0 Å². The van der Waals surface area contributed by atoms with Crippen LogP contribution in [0.15, 0.2) is 60.8 Å². The highest BCUT2D eigenvalue weighted by molar-refractivity contribution is 8.01. The number of rotatable bonds is 9. The van der Waals surface area contributed by atoms with Gasteiger partial charge in [-0.25, -0.2) is 9.59 Å².